The zero-order chi connectivity index (χ0) is 36.0. The molecule has 7 aromatic carbocycles. The number of rotatable bonds is 4. The molecule has 0 radical (unpaired) electrons. The predicted octanol–water partition coefficient (Wildman–Crippen LogP) is 13.0. The maximum Gasteiger partial charge on any atom is 0.160 e. The number of para-hydroxylation sites is 1. The molecule has 0 N–H and O–H groups in total. The molecule has 2 heterocycles. The summed E-state index contributed by atoms with van der Waals surface area (Å²) >= 11 is 0. The van der Waals surface area contributed by atoms with Crippen LogP contribution in [0.2, 0.25) is 0 Å². The van der Waals surface area contributed by atoms with E-state index in [1.54, 1.807) is 0 Å². The van der Waals surface area contributed by atoms with Gasteiger partial charge in [-0.3, -0.25) is 0 Å². The zero-order valence-electron chi connectivity index (χ0n) is 30.2. The van der Waals surface area contributed by atoms with Crippen molar-refractivity contribution in [1.29, 1.82) is 0 Å². The van der Waals surface area contributed by atoms with Crippen molar-refractivity contribution in [2.75, 3.05) is 0 Å². The second kappa shape index (κ2) is 11.7. The van der Waals surface area contributed by atoms with Gasteiger partial charge in [0.2, 0.25) is 0 Å². The smallest absolute Gasteiger partial charge is 0.160 e. The van der Waals surface area contributed by atoms with E-state index in [0.717, 1.165) is 56.4 Å². The van der Waals surface area contributed by atoms with Crippen LogP contribution in [0.5, 0.6) is 0 Å². The quantitative estimate of drug-likeness (QED) is 0.184. The first-order valence-corrected chi connectivity index (χ1v) is 18.8. The van der Waals surface area contributed by atoms with E-state index < -0.39 is 0 Å². The van der Waals surface area contributed by atoms with Crippen LogP contribution in [-0.2, 0) is 11.8 Å². The fraction of sp³-hybridized carbons (Fsp3) is 0.0980. The summed E-state index contributed by atoms with van der Waals surface area (Å²) < 4.78 is 6.74. The maximum atomic E-state index is 6.74. The van der Waals surface area contributed by atoms with Gasteiger partial charge in [-0.15, -0.1) is 0 Å². The van der Waals surface area contributed by atoms with Crippen LogP contribution in [0.3, 0.4) is 0 Å². The minimum atomic E-state index is -0.0346. The number of furan rings is 1. The SMILES string of the molecule is CC1(C)c2ccccc2-c2cc3c(cc21)CC(c1ccc2oc4c(-c5cc(-c6ccccc6)nc(-c6ccccc6)n5)cccc4c2c1)c1ccccc1-3. The van der Waals surface area contributed by atoms with E-state index >= 15 is 0 Å². The maximum absolute atomic E-state index is 6.74. The summed E-state index contributed by atoms with van der Waals surface area (Å²) in [5.74, 6) is 0.913. The Kier molecular flexibility index (Phi) is 6.72. The van der Waals surface area contributed by atoms with Crippen molar-refractivity contribution < 1.29 is 4.42 Å². The van der Waals surface area contributed by atoms with E-state index in [2.05, 4.69) is 141 Å². The minimum absolute atomic E-state index is 0.0346. The molecule has 0 saturated heterocycles. The van der Waals surface area contributed by atoms with Gasteiger partial charge in [-0.1, -0.05) is 147 Å². The summed E-state index contributed by atoms with van der Waals surface area (Å²) in [5, 5.41) is 2.21. The largest absolute Gasteiger partial charge is 0.455 e. The van der Waals surface area contributed by atoms with Crippen molar-refractivity contribution in [3.05, 3.63) is 192 Å². The highest BCUT2D eigenvalue weighted by atomic mass is 16.3. The number of fused-ring (bicyclic) bond motifs is 9. The molecular formula is C51H36N2O. The highest BCUT2D eigenvalue weighted by Gasteiger charge is 2.37. The Morgan fingerprint density at radius 3 is 2.06 bits per heavy atom. The molecule has 9 aromatic rings. The Morgan fingerprint density at radius 2 is 1.22 bits per heavy atom. The average Bonchev–Trinajstić information content (AvgIpc) is 3.71. The predicted molar refractivity (Wildman–Crippen MR) is 221 cm³/mol. The van der Waals surface area contributed by atoms with Crippen LogP contribution < -0.4 is 0 Å². The Labute approximate surface area is 314 Å². The summed E-state index contributed by atoms with van der Waals surface area (Å²) in [6.45, 7) is 4.74. The van der Waals surface area contributed by atoms with Crippen LogP contribution in [0.25, 0.3) is 78.1 Å². The van der Waals surface area contributed by atoms with Gasteiger partial charge in [-0.2, -0.15) is 0 Å². The fourth-order valence-corrected chi connectivity index (χ4v) is 9.18. The van der Waals surface area contributed by atoms with Crippen LogP contribution in [-0.4, -0.2) is 9.97 Å². The van der Waals surface area contributed by atoms with E-state index in [1.165, 1.54) is 50.1 Å². The molecule has 0 saturated carbocycles. The third kappa shape index (κ3) is 4.68. The van der Waals surface area contributed by atoms with Gasteiger partial charge in [0.05, 0.1) is 11.4 Å². The molecule has 2 aliphatic carbocycles. The van der Waals surface area contributed by atoms with Gasteiger partial charge in [0.1, 0.15) is 11.2 Å². The molecule has 0 spiro atoms. The molecular weight excluding hydrogens is 657 g/mol. The molecule has 256 valence electrons. The van der Waals surface area contributed by atoms with Crippen LogP contribution in [0.1, 0.15) is 47.6 Å². The van der Waals surface area contributed by atoms with Crippen LogP contribution in [0.4, 0.5) is 0 Å². The van der Waals surface area contributed by atoms with E-state index in [-0.39, 0.29) is 11.3 Å². The highest BCUT2D eigenvalue weighted by Crippen LogP contribution is 2.53. The summed E-state index contributed by atoms with van der Waals surface area (Å²) in [6, 6.07) is 58.8. The second-order valence-corrected chi connectivity index (χ2v) is 15.3. The zero-order valence-corrected chi connectivity index (χ0v) is 30.2. The highest BCUT2D eigenvalue weighted by molar-refractivity contribution is 6.09. The van der Waals surface area contributed by atoms with Crippen molar-refractivity contribution >= 4 is 21.9 Å². The normalized spacial score (nSPS) is 15.1. The average molecular weight is 693 g/mol. The van der Waals surface area contributed by atoms with Gasteiger partial charge >= 0.3 is 0 Å². The lowest BCUT2D eigenvalue weighted by Crippen LogP contribution is -2.17. The lowest BCUT2D eigenvalue weighted by Gasteiger charge is -2.30. The van der Waals surface area contributed by atoms with Crippen molar-refractivity contribution in [2.24, 2.45) is 0 Å². The molecule has 54 heavy (non-hydrogen) atoms. The monoisotopic (exact) mass is 692 g/mol. The number of aromatic nitrogens is 2. The van der Waals surface area contributed by atoms with Gasteiger partial charge < -0.3 is 4.42 Å². The van der Waals surface area contributed by atoms with Crippen molar-refractivity contribution in [2.45, 2.75) is 31.6 Å². The lowest BCUT2D eigenvalue weighted by molar-refractivity contribution is 0.657. The molecule has 11 rings (SSSR count). The number of hydrogen-bond donors (Lipinski definition) is 0. The molecule has 0 amide bonds. The lowest BCUT2D eigenvalue weighted by atomic mass is 9.73. The van der Waals surface area contributed by atoms with E-state index in [0.29, 0.717) is 5.82 Å². The first-order chi connectivity index (χ1) is 26.5. The molecule has 3 heteroatoms. The number of benzene rings is 7. The molecule has 0 aliphatic heterocycles. The summed E-state index contributed by atoms with van der Waals surface area (Å²) in [6.07, 6.45) is 0.948. The van der Waals surface area contributed by atoms with Gasteiger partial charge in [0, 0.05) is 38.8 Å². The van der Waals surface area contributed by atoms with Gasteiger partial charge in [0.15, 0.2) is 5.82 Å². The van der Waals surface area contributed by atoms with Gasteiger partial charge in [0.25, 0.3) is 0 Å². The topological polar surface area (TPSA) is 38.9 Å². The number of nitrogens with zero attached hydrogens (tertiary/aromatic N) is 2. The molecule has 1 atom stereocenters. The van der Waals surface area contributed by atoms with E-state index in [4.69, 9.17) is 14.4 Å². The van der Waals surface area contributed by atoms with Crippen molar-refractivity contribution in [1.82, 2.24) is 9.97 Å². The third-order valence-corrected chi connectivity index (χ3v) is 11.9. The van der Waals surface area contributed by atoms with Crippen molar-refractivity contribution in [3.63, 3.8) is 0 Å². The molecule has 1 unspecified atom stereocenters. The summed E-state index contributed by atoms with van der Waals surface area (Å²) in [5.41, 5.74) is 18.8. The molecule has 0 bridgehead atoms. The Balaban J connectivity index is 1.04. The molecule has 2 aliphatic rings. The standard InChI is InChI=1S/C51H36N2O/c1-51(2)44-23-12-11-20-37(44)42-29-41-34(28-45(42)51)27-40(35-18-9-10-19-36(35)41)33-24-25-48-43(26-33)38-21-13-22-39(49(38)54-48)47-30-46(31-14-5-3-6-15-31)52-50(53-47)32-16-7-4-8-17-32/h3-26,28-30,40H,27H2,1-2H3. The van der Waals surface area contributed by atoms with E-state index in [9.17, 15) is 0 Å². The second-order valence-electron chi connectivity index (χ2n) is 15.3. The summed E-state index contributed by atoms with van der Waals surface area (Å²) in [7, 11) is 0. The molecule has 3 nitrogen and oxygen atoms in total. The van der Waals surface area contributed by atoms with Gasteiger partial charge in [-0.25, -0.2) is 9.97 Å². The first-order valence-electron chi connectivity index (χ1n) is 18.8. The third-order valence-electron chi connectivity index (χ3n) is 11.9. The minimum Gasteiger partial charge on any atom is -0.455 e. The molecule has 2 aromatic heterocycles. The van der Waals surface area contributed by atoms with Crippen molar-refractivity contribution in [3.8, 4) is 56.2 Å². The summed E-state index contributed by atoms with van der Waals surface area (Å²) in [4.78, 5) is 10.1. The van der Waals surface area contributed by atoms with Crippen LogP contribution in [0, 0.1) is 0 Å². The molecule has 0 fully saturated rings. The Hall–Kier alpha value is -6.58. The number of hydrogen-bond acceptors (Lipinski definition) is 3. The Morgan fingerprint density at radius 1 is 0.519 bits per heavy atom. The fourth-order valence-electron chi connectivity index (χ4n) is 9.18. The van der Waals surface area contributed by atoms with Gasteiger partial charge in [-0.05, 0) is 86.8 Å². The first kappa shape index (κ1) is 31.0. The van der Waals surface area contributed by atoms with Crippen LogP contribution >= 0.6 is 0 Å². The van der Waals surface area contributed by atoms with E-state index in [1.807, 2.05) is 36.4 Å². The Bertz CT molecular complexity index is 2880. The van der Waals surface area contributed by atoms with Crippen LogP contribution in [0.15, 0.2) is 168 Å².